The van der Waals surface area contributed by atoms with Crippen LogP contribution in [0.3, 0.4) is 0 Å². The summed E-state index contributed by atoms with van der Waals surface area (Å²) in [5, 5.41) is 12.1. The van der Waals surface area contributed by atoms with Gasteiger partial charge in [-0.3, -0.25) is 0 Å². The lowest BCUT2D eigenvalue weighted by Crippen LogP contribution is -2.23. The molecule has 0 fully saturated rings. The first kappa shape index (κ1) is 12.9. The summed E-state index contributed by atoms with van der Waals surface area (Å²) >= 11 is 0. The van der Waals surface area contributed by atoms with Crippen LogP contribution in [-0.4, -0.2) is 24.4 Å². The van der Waals surface area contributed by atoms with E-state index < -0.39 is 6.10 Å². The molecule has 1 aromatic carbocycles. The van der Waals surface area contributed by atoms with E-state index in [-0.39, 0.29) is 11.6 Å². The van der Waals surface area contributed by atoms with Gasteiger partial charge in [-0.15, -0.1) is 0 Å². The molecule has 0 heterocycles. The second-order valence-electron chi connectivity index (χ2n) is 3.68. The summed E-state index contributed by atoms with van der Waals surface area (Å²) in [5.74, 6) is -0.0695. The Hall–Kier alpha value is -1.13. The molecular formula is C12H18FNO2. The third-order valence-corrected chi connectivity index (χ3v) is 2.07. The topological polar surface area (TPSA) is 41.5 Å². The van der Waals surface area contributed by atoms with Crippen molar-refractivity contribution in [2.75, 3.05) is 13.2 Å². The van der Waals surface area contributed by atoms with Gasteiger partial charge in [-0.25, -0.2) is 4.39 Å². The van der Waals surface area contributed by atoms with Gasteiger partial charge in [0.05, 0.1) is 12.7 Å². The van der Waals surface area contributed by atoms with Gasteiger partial charge in [0.2, 0.25) is 0 Å². The van der Waals surface area contributed by atoms with E-state index in [9.17, 15) is 4.39 Å². The number of aliphatic hydroxyl groups is 1. The Morgan fingerprint density at radius 2 is 2.25 bits per heavy atom. The van der Waals surface area contributed by atoms with Crippen molar-refractivity contribution in [3.05, 3.63) is 29.6 Å². The Kier molecular flexibility index (Phi) is 5.22. The first-order valence-electron chi connectivity index (χ1n) is 5.43. The summed E-state index contributed by atoms with van der Waals surface area (Å²) in [6.45, 7) is 5.00. The minimum absolute atomic E-state index is 0.279. The maximum absolute atomic E-state index is 13.4. The second kappa shape index (κ2) is 6.45. The minimum Gasteiger partial charge on any atom is -0.491 e. The molecule has 4 heteroatoms. The predicted molar refractivity (Wildman–Crippen MR) is 61.0 cm³/mol. The van der Waals surface area contributed by atoms with Gasteiger partial charge < -0.3 is 15.2 Å². The molecule has 2 N–H and O–H groups in total. The van der Waals surface area contributed by atoms with Crippen LogP contribution < -0.4 is 10.1 Å². The van der Waals surface area contributed by atoms with Crippen molar-refractivity contribution >= 4 is 0 Å². The molecule has 0 radical (unpaired) electrons. The van der Waals surface area contributed by atoms with Crippen LogP contribution in [0.25, 0.3) is 0 Å². The van der Waals surface area contributed by atoms with Crippen molar-refractivity contribution in [3.63, 3.8) is 0 Å². The van der Waals surface area contributed by atoms with E-state index in [1.54, 1.807) is 13.0 Å². The Balaban J connectivity index is 2.52. The highest BCUT2D eigenvalue weighted by atomic mass is 19.1. The summed E-state index contributed by atoms with van der Waals surface area (Å²) in [5.41, 5.74) is 0.835. The largest absolute Gasteiger partial charge is 0.491 e. The van der Waals surface area contributed by atoms with Crippen molar-refractivity contribution in [2.45, 2.75) is 26.5 Å². The molecule has 0 aromatic heterocycles. The number of hydrogen-bond acceptors (Lipinski definition) is 3. The third-order valence-electron chi connectivity index (χ3n) is 2.07. The molecule has 0 amide bonds. The van der Waals surface area contributed by atoms with Crippen LogP contribution in [0.1, 0.15) is 19.4 Å². The van der Waals surface area contributed by atoms with Crippen LogP contribution in [0.15, 0.2) is 18.2 Å². The van der Waals surface area contributed by atoms with Crippen LogP contribution in [-0.2, 0) is 6.54 Å². The molecule has 0 aliphatic heterocycles. The van der Waals surface area contributed by atoms with Crippen molar-refractivity contribution in [2.24, 2.45) is 0 Å². The molecule has 0 aliphatic carbocycles. The molecule has 1 rings (SSSR count). The average molecular weight is 227 g/mol. The number of aliphatic hydroxyl groups excluding tert-OH is 1. The first-order chi connectivity index (χ1) is 7.63. The highest BCUT2D eigenvalue weighted by Crippen LogP contribution is 2.18. The maximum atomic E-state index is 13.4. The molecule has 0 bridgehead atoms. The fourth-order valence-corrected chi connectivity index (χ4v) is 1.35. The SMILES string of the molecule is CCOc1ccc(CNCC(C)O)cc1F. The Bertz CT molecular complexity index is 329. The number of nitrogens with one attached hydrogen (secondary N) is 1. The highest BCUT2D eigenvalue weighted by Gasteiger charge is 2.04. The fraction of sp³-hybridized carbons (Fsp3) is 0.500. The van der Waals surface area contributed by atoms with Crippen molar-refractivity contribution in [3.8, 4) is 5.75 Å². The van der Waals surface area contributed by atoms with E-state index in [0.717, 1.165) is 5.56 Å². The molecule has 1 atom stereocenters. The van der Waals surface area contributed by atoms with Gasteiger partial charge in [-0.1, -0.05) is 6.07 Å². The lowest BCUT2D eigenvalue weighted by atomic mass is 10.2. The van der Waals surface area contributed by atoms with E-state index in [1.807, 2.05) is 13.0 Å². The van der Waals surface area contributed by atoms with Crippen molar-refractivity contribution in [1.82, 2.24) is 5.32 Å². The molecule has 0 saturated heterocycles. The summed E-state index contributed by atoms with van der Waals surface area (Å²) in [6.07, 6.45) is -0.396. The number of benzene rings is 1. The smallest absolute Gasteiger partial charge is 0.165 e. The lowest BCUT2D eigenvalue weighted by Gasteiger charge is -2.09. The van der Waals surface area contributed by atoms with Gasteiger partial charge in [0.25, 0.3) is 0 Å². The summed E-state index contributed by atoms with van der Waals surface area (Å²) in [4.78, 5) is 0. The fourth-order valence-electron chi connectivity index (χ4n) is 1.35. The van der Waals surface area contributed by atoms with E-state index in [4.69, 9.17) is 9.84 Å². The molecular weight excluding hydrogens is 209 g/mol. The molecule has 1 aromatic rings. The molecule has 16 heavy (non-hydrogen) atoms. The summed E-state index contributed by atoms with van der Waals surface area (Å²) in [7, 11) is 0. The van der Waals surface area contributed by atoms with Gasteiger partial charge in [0, 0.05) is 13.1 Å². The van der Waals surface area contributed by atoms with Crippen LogP contribution in [0.4, 0.5) is 4.39 Å². The zero-order valence-corrected chi connectivity index (χ0v) is 9.66. The third kappa shape index (κ3) is 4.16. The predicted octanol–water partition coefficient (Wildman–Crippen LogP) is 1.69. The molecule has 90 valence electrons. The number of halogens is 1. The molecule has 3 nitrogen and oxygen atoms in total. The lowest BCUT2D eigenvalue weighted by molar-refractivity contribution is 0.191. The zero-order chi connectivity index (χ0) is 12.0. The van der Waals surface area contributed by atoms with Crippen LogP contribution in [0.5, 0.6) is 5.75 Å². The Morgan fingerprint density at radius 1 is 1.50 bits per heavy atom. The van der Waals surface area contributed by atoms with Gasteiger partial charge in [-0.05, 0) is 31.5 Å². The highest BCUT2D eigenvalue weighted by molar-refractivity contribution is 5.29. The van der Waals surface area contributed by atoms with E-state index in [1.165, 1.54) is 6.07 Å². The summed E-state index contributed by atoms with van der Waals surface area (Å²) < 4.78 is 18.5. The summed E-state index contributed by atoms with van der Waals surface area (Å²) in [6, 6.07) is 4.88. The normalized spacial score (nSPS) is 12.5. The number of rotatable bonds is 6. The van der Waals surface area contributed by atoms with E-state index in [0.29, 0.717) is 19.7 Å². The first-order valence-corrected chi connectivity index (χ1v) is 5.43. The Labute approximate surface area is 95.2 Å². The average Bonchev–Trinajstić information content (AvgIpc) is 2.21. The molecule has 0 spiro atoms. The Morgan fingerprint density at radius 3 is 2.81 bits per heavy atom. The minimum atomic E-state index is -0.396. The molecule has 1 unspecified atom stereocenters. The second-order valence-corrected chi connectivity index (χ2v) is 3.68. The van der Waals surface area contributed by atoms with Crippen LogP contribution >= 0.6 is 0 Å². The quantitative estimate of drug-likeness (QED) is 0.777. The van der Waals surface area contributed by atoms with Gasteiger partial charge >= 0.3 is 0 Å². The zero-order valence-electron chi connectivity index (χ0n) is 9.66. The molecule has 0 saturated carbocycles. The molecule has 0 aliphatic rings. The standard InChI is InChI=1S/C12H18FNO2/c1-3-16-12-5-4-10(6-11(12)13)8-14-7-9(2)15/h4-6,9,14-15H,3,7-8H2,1-2H3. The van der Waals surface area contributed by atoms with Crippen molar-refractivity contribution in [1.29, 1.82) is 0 Å². The van der Waals surface area contributed by atoms with Crippen molar-refractivity contribution < 1.29 is 14.2 Å². The van der Waals surface area contributed by atoms with Gasteiger partial charge in [0.15, 0.2) is 11.6 Å². The van der Waals surface area contributed by atoms with E-state index >= 15 is 0 Å². The van der Waals surface area contributed by atoms with Gasteiger partial charge in [-0.2, -0.15) is 0 Å². The monoisotopic (exact) mass is 227 g/mol. The van der Waals surface area contributed by atoms with Crippen LogP contribution in [0.2, 0.25) is 0 Å². The maximum Gasteiger partial charge on any atom is 0.165 e. The van der Waals surface area contributed by atoms with Gasteiger partial charge in [0.1, 0.15) is 0 Å². The number of hydrogen-bond donors (Lipinski definition) is 2. The number of ether oxygens (including phenoxy) is 1. The van der Waals surface area contributed by atoms with Crippen LogP contribution in [0, 0.1) is 5.82 Å². The van der Waals surface area contributed by atoms with E-state index in [2.05, 4.69) is 5.32 Å².